The number of nitrogens with zero attached hydrogens (tertiary/aromatic N) is 1. The maximum Gasteiger partial charge on any atom is 0.329 e. The maximum absolute atomic E-state index is 12.7. The predicted molar refractivity (Wildman–Crippen MR) is 93.8 cm³/mol. The second kappa shape index (κ2) is 8.23. The van der Waals surface area contributed by atoms with Crippen molar-refractivity contribution in [1.82, 2.24) is 10.2 Å². The van der Waals surface area contributed by atoms with Crippen molar-refractivity contribution in [2.75, 3.05) is 24.6 Å². The zero-order valence-corrected chi connectivity index (χ0v) is 15.4. The highest BCUT2D eigenvalue weighted by Gasteiger charge is 2.43. The number of hydrogen-bond acceptors (Lipinski definition) is 4. The van der Waals surface area contributed by atoms with Crippen LogP contribution in [0.25, 0.3) is 0 Å². The molecule has 2 saturated heterocycles. The summed E-state index contributed by atoms with van der Waals surface area (Å²) < 4.78 is 0. The summed E-state index contributed by atoms with van der Waals surface area (Å²) in [7, 11) is 0. The normalized spacial score (nSPS) is 24.9. The first-order chi connectivity index (χ1) is 11.4. The lowest BCUT2D eigenvalue weighted by Gasteiger charge is -2.38. The van der Waals surface area contributed by atoms with Crippen molar-refractivity contribution in [3.05, 3.63) is 0 Å². The van der Waals surface area contributed by atoms with Crippen LogP contribution in [0.3, 0.4) is 0 Å². The molecule has 2 rings (SSSR count). The Morgan fingerprint density at radius 3 is 2.58 bits per heavy atom. The van der Waals surface area contributed by atoms with Crippen molar-refractivity contribution < 1.29 is 19.5 Å². The van der Waals surface area contributed by atoms with E-state index in [9.17, 15) is 19.5 Å². The first-order valence-corrected chi connectivity index (χ1v) is 9.97. The van der Waals surface area contributed by atoms with Crippen molar-refractivity contribution in [1.29, 1.82) is 0 Å². The first kappa shape index (κ1) is 19.1. The molecule has 2 unspecified atom stereocenters. The minimum absolute atomic E-state index is 0.0347. The SMILES string of the molecule is CCC(C)C(=O)N1CCCC(C(=O)NC2(C(=O)O)CCSCC2)C1. The smallest absolute Gasteiger partial charge is 0.329 e. The third kappa shape index (κ3) is 4.23. The Morgan fingerprint density at radius 2 is 2.00 bits per heavy atom. The van der Waals surface area contributed by atoms with E-state index < -0.39 is 11.5 Å². The highest BCUT2D eigenvalue weighted by atomic mass is 32.2. The summed E-state index contributed by atoms with van der Waals surface area (Å²) in [5, 5.41) is 12.4. The number of carboxylic acids is 1. The number of amides is 2. The van der Waals surface area contributed by atoms with Gasteiger partial charge in [-0.3, -0.25) is 9.59 Å². The quantitative estimate of drug-likeness (QED) is 0.783. The van der Waals surface area contributed by atoms with Gasteiger partial charge >= 0.3 is 5.97 Å². The number of nitrogens with one attached hydrogen (secondary N) is 1. The van der Waals surface area contributed by atoms with Crippen molar-refractivity contribution in [3.63, 3.8) is 0 Å². The Morgan fingerprint density at radius 1 is 1.33 bits per heavy atom. The number of piperidine rings is 1. The molecule has 0 aromatic heterocycles. The fourth-order valence-corrected chi connectivity index (χ4v) is 4.52. The van der Waals surface area contributed by atoms with Crippen LogP contribution < -0.4 is 5.32 Å². The number of carbonyl (C=O) groups excluding carboxylic acids is 2. The van der Waals surface area contributed by atoms with Crippen LogP contribution in [0.15, 0.2) is 0 Å². The lowest BCUT2D eigenvalue weighted by Crippen LogP contribution is -2.59. The van der Waals surface area contributed by atoms with Crippen LogP contribution in [0.5, 0.6) is 0 Å². The topological polar surface area (TPSA) is 86.7 Å². The first-order valence-electron chi connectivity index (χ1n) is 8.81. The Kier molecular flexibility index (Phi) is 6.54. The minimum Gasteiger partial charge on any atom is -0.480 e. The van der Waals surface area contributed by atoms with Gasteiger partial charge in [-0.15, -0.1) is 0 Å². The number of hydrogen-bond donors (Lipinski definition) is 2. The van der Waals surface area contributed by atoms with Gasteiger partial charge in [-0.1, -0.05) is 13.8 Å². The Labute approximate surface area is 147 Å². The average Bonchev–Trinajstić information content (AvgIpc) is 2.61. The monoisotopic (exact) mass is 356 g/mol. The molecule has 0 radical (unpaired) electrons. The van der Waals surface area contributed by atoms with Gasteiger partial charge in [0, 0.05) is 19.0 Å². The number of likely N-dealkylation sites (tertiary alicyclic amines) is 1. The fraction of sp³-hybridized carbons (Fsp3) is 0.824. The summed E-state index contributed by atoms with van der Waals surface area (Å²) in [5.41, 5.74) is -1.13. The average molecular weight is 356 g/mol. The van der Waals surface area contributed by atoms with Crippen molar-refractivity contribution in [2.24, 2.45) is 11.8 Å². The van der Waals surface area contributed by atoms with Crippen LogP contribution in [0, 0.1) is 11.8 Å². The molecule has 2 aliphatic heterocycles. The van der Waals surface area contributed by atoms with Gasteiger partial charge in [-0.2, -0.15) is 11.8 Å². The fourth-order valence-electron chi connectivity index (χ4n) is 3.33. The van der Waals surface area contributed by atoms with E-state index in [4.69, 9.17) is 0 Å². The van der Waals surface area contributed by atoms with Crippen LogP contribution in [0.2, 0.25) is 0 Å². The molecule has 24 heavy (non-hydrogen) atoms. The van der Waals surface area contributed by atoms with E-state index in [1.165, 1.54) is 0 Å². The van der Waals surface area contributed by atoms with Crippen LogP contribution in [-0.2, 0) is 14.4 Å². The summed E-state index contributed by atoms with van der Waals surface area (Å²) in [6.45, 7) is 4.98. The van der Waals surface area contributed by atoms with Gasteiger partial charge in [-0.25, -0.2) is 4.79 Å². The number of carboxylic acid groups (broad SMARTS) is 1. The van der Waals surface area contributed by atoms with E-state index in [-0.39, 0.29) is 23.7 Å². The van der Waals surface area contributed by atoms with Gasteiger partial charge in [0.15, 0.2) is 0 Å². The van der Waals surface area contributed by atoms with E-state index in [0.29, 0.717) is 32.4 Å². The molecule has 6 nitrogen and oxygen atoms in total. The molecule has 7 heteroatoms. The van der Waals surface area contributed by atoms with E-state index in [0.717, 1.165) is 24.3 Å². The molecular weight excluding hydrogens is 328 g/mol. The second-order valence-corrected chi connectivity index (χ2v) is 8.15. The molecule has 2 amide bonds. The van der Waals surface area contributed by atoms with Gasteiger partial charge < -0.3 is 15.3 Å². The Bertz CT molecular complexity index is 491. The van der Waals surface area contributed by atoms with Crippen LogP contribution >= 0.6 is 11.8 Å². The summed E-state index contributed by atoms with van der Waals surface area (Å²) in [4.78, 5) is 38.5. The molecule has 0 saturated carbocycles. The molecule has 2 aliphatic rings. The number of aliphatic carboxylic acids is 1. The molecule has 2 fully saturated rings. The lowest BCUT2D eigenvalue weighted by molar-refractivity contribution is -0.150. The van der Waals surface area contributed by atoms with E-state index in [1.54, 1.807) is 16.7 Å². The molecular formula is C17H28N2O4S. The van der Waals surface area contributed by atoms with Gasteiger partial charge in [-0.05, 0) is 43.6 Å². The van der Waals surface area contributed by atoms with Crippen molar-refractivity contribution >= 4 is 29.5 Å². The highest BCUT2D eigenvalue weighted by Crippen LogP contribution is 2.29. The molecule has 0 aliphatic carbocycles. The molecule has 0 spiro atoms. The Balaban J connectivity index is 2.00. The van der Waals surface area contributed by atoms with Crippen molar-refractivity contribution in [3.8, 4) is 0 Å². The third-order valence-electron chi connectivity index (χ3n) is 5.26. The summed E-state index contributed by atoms with van der Waals surface area (Å²) in [6.07, 6.45) is 3.20. The largest absolute Gasteiger partial charge is 0.480 e. The molecule has 136 valence electrons. The predicted octanol–water partition coefficient (Wildman–Crippen LogP) is 1.74. The summed E-state index contributed by atoms with van der Waals surface area (Å²) >= 11 is 1.72. The van der Waals surface area contributed by atoms with Gasteiger partial charge in [0.2, 0.25) is 11.8 Å². The second-order valence-electron chi connectivity index (χ2n) is 6.92. The van der Waals surface area contributed by atoms with E-state index >= 15 is 0 Å². The summed E-state index contributed by atoms with van der Waals surface area (Å²) in [6, 6.07) is 0. The molecule has 0 aromatic rings. The summed E-state index contributed by atoms with van der Waals surface area (Å²) in [5.74, 6) is 0.0821. The standard InChI is InChI=1S/C17H28N2O4S/c1-3-12(2)15(21)19-8-4-5-13(11-19)14(20)18-17(16(22)23)6-9-24-10-7-17/h12-13H,3-11H2,1-2H3,(H,18,20)(H,22,23). The van der Waals surface area contributed by atoms with Crippen LogP contribution in [0.4, 0.5) is 0 Å². The number of carbonyl (C=O) groups is 3. The molecule has 2 N–H and O–H groups in total. The number of rotatable bonds is 5. The maximum atomic E-state index is 12.7. The molecule has 2 atom stereocenters. The zero-order chi connectivity index (χ0) is 17.7. The third-order valence-corrected chi connectivity index (χ3v) is 6.24. The van der Waals surface area contributed by atoms with Gasteiger partial charge in [0.05, 0.1) is 5.92 Å². The molecule has 0 aromatic carbocycles. The van der Waals surface area contributed by atoms with Gasteiger partial charge in [0.25, 0.3) is 0 Å². The molecule has 2 heterocycles. The number of thioether (sulfide) groups is 1. The van der Waals surface area contributed by atoms with E-state index in [1.807, 2.05) is 13.8 Å². The lowest BCUT2D eigenvalue weighted by atomic mass is 9.89. The Hall–Kier alpha value is -1.24. The van der Waals surface area contributed by atoms with E-state index in [2.05, 4.69) is 5.32 Å². The van der Waals surface area contributed by atoms with Crippen molar-refractivity contribution in [2.45, 2.75) is 51.5 Å². The highest BCUT2D eigenvalue weighted by molar-refractivity contribution is 7.99. The zero-order valence-electron chi connectivity index (χ0n) is 14.5. The van der Waals surface area contributed by atoms with Crippen LogP contribution in [-0.4, -0.2) is 57.9 Å². The van der Waals surface area contributed by atoms with Gasteiger partial charge in [0.1, 0.15) is 5.54 Å². The van der Waals surface area contributed by atoms with Crippen LogP contribution in [0.1, 0.15) is 46.0 Å². The molecule has 0 bridgehead atoms. The minimum atomic E-state index is -1.13.